The fourth-order valence-corrected chi connectivity index (χ4v) is 4.59. The van der Waals surface area contributed by atoms with E-state index in [0.29, 0.717) is 23.6 Å². The molecule has 1 fully saturated rings. The molecule has 2 atom stereocenters. The molecule has 8 heteroatoms. The first-order valence-corrected chi connectivity index (χ1v) is 10.5. The molecule has 1 aliphatic rings. The smallest absolute Gasteiger partial charge is 0.283 e. The predicted octanol–water partition coefficient (Wildman–Crippen LogP) is 3.95. The summed E-state index contributed by atoms with van der Waals surface area (Å²) in [5.74, 6) is 0.123. The average Bonchev–Trinajstić information content (AvgIpc) is 3.14. The van der Waals surface area contributed by atoms with Crippen molar-refractivity contribution in [2.45, 2.75) is 52.0 Å². The summed E-state index contributed by atoms with van der Waals surface area (Å²) >= 11 is 0. The van der Waals surface area contributed by atoms with E-state index in [4.69, 9.17) is 0 Å². The third-order valence-electron chi connectivity index (χ3n) is 6.22. The SMILES string of the molecule is CCc1nn2c(nnc3c(=O)n(C4CCCCC4C)cnc32)c1-c1ccc(F)cc1. The first-order chi connectivity index (χ1) is 14.6. The van der Waals surface area contributed by atoms with E-state index in [0.717, 1.165) is 36.1 Å². The monoisotopic (exact) mass is 406 g/mol. The van der Waals surface area contributed by atoms with Crippen LogP contribution in [0, 0.1) is 11.7 Å². The Morgan fingerprint density at radius 3 is 2.60 bits per heavy atom. The minimum atomic E-state index is -0.302. The van der Waals surface area contributed by atoms with Gasteiger partial charge >= 0.3 is 0 Å². The van der Waals surface area contributed by atoms with E-state index in [1.165, 1.54) is 18.6 Å². The second kappa shape index (κ2) is 7.27. The summed E-state index contributed by atoms with van der Waals surface area (Å²) in [7, 11) is 0. The number of rotatable bonds is 3. The highest BCUT2D eigenvalue weighted by Gasteiger charge is 2.26. The van der Waals surface area contributed by atoms with Gasteiger partial charge in [-0.05, 0) is 42.9 Å². The van der Waals surface area contributed by atoms with E-state index in [2.05, 4.69) is 27.2 Å². The molecule has 154 valence electrons. The molecule has 2 unspecified atom stereocenters. The zero-order valence-corrected chi connectivity index (χ0v) is 17.0. The van der Waals surface area contributed by atoms with Gasteiger partial charge in [-0.2, -0.15) is 9.61 Å². The predicted molar refractivity (Wildman–Crippen MR) is 112 cm³/mol. The Hall–Kier alpha value is -3.16. The lowest BCUT2D eigenvalue weighted by molar-refractivity contribution is 0.251. The largest absolute Gasteiger partial charge is 0.294 e. The van der Waals surface area contributed by atoms with Crippen LogP contribution in [-0.4, -0.2) is 29.4 Å². The summed E-state index contributed by atoms with van der Waals surface area (Å²) in [6, 6.07) is 6.36. The maximum absolute atomic E-state index is 13.4. The second-order valence-corrected chi connectivity index (χ2v) is 8.08. The van der Waals surface area contributed by atoms with Crippen LogP contribution in [0.2, 0.25) is 0 Å². The van der Waals surface area contributed by atoms with Crippen molar-refractivity contribution < 1.29 is 4.39 Å². The van der Waals surface area contributed by atoms with Gasteiger partial charge in [-0.25, -0.2) is 9.37 Å². The van der Waals surface area contributed by atoms with Crippen molar-refractivity contribution in [2.24, 2.45) is 5.92 Å². The van der Waals surface area contributed by atoms with Gasteiger partial charge in [0.25, 0.3) is 5.56 Å². The van der Waals surface area contributed by atoms with Gasteiger partial charge < -0.3 is 0 Å². The van der Waals surface area contributed by atoms with E-state index < -0.39 is 0 Å². The van der Waals surface area contributed by atoms with Crippen LogP contribution in [-0.2, 0) is 6.42 Å². The normalized spacial score (nSPS) is 19.6. The summed E-state index contributed by atoms with van der Waals surface area (Å²) in [6.07, 6.45) is 6.69. The Bertz CT molecular complexity index is 1290. The Morgan fingerprint density at radius 1 is 1.10 bits per heavy atom. The lowest BCUT2D eigenvalue weighted by Crippen LogP contribution is -2.31. The first-order valence-electron chi connectivity index (χ1n) is 10.5. The van der Waals surface area contributed by atoms with Gasteiger partial charge in [-0.3, -0.25) is 9.36 Å². The Kier molecular flexibility index (Phi) is 4.56. The molecule has 0 radical (unpaired) electrons. The molecule has 3 heterocycles. The van der Waals surface area contributed by atoms with Crippen molar-refractivity contribution >= 4 is 16.8 Å². The van der Waals surface area contributed by atoms with Crippen LogP contribution in [0.5, 0.6) is 0 Å². The summed E-state index contributed by atoms with van der Waals surface area (Å²) in [5, 5.41) is 13.3. The number of nitrogens with zero attached hydrogens (tertiary/aromatic N) is 6. The number of halogens is 1. The molecule has 1 aromatic carbocycles. The number of benzene rings is 1. The Morgan fingerprint density at radius 2 is 1.87 bits per heavy atom. The minimum absolute atomic E-state index is 0.138. The van der Waals surface area contributed by atoms with Crippen molar-refractivity contribution in [3.8, 4) is 11.1 Å². The summed E-state index contributed by atoms with van der Waals surface area (Å²) in [5.41, 5.74) is 3.35. The standard InChI is InChI=1S/C22H23FN6O/c1-3-16-18(14-8-10-15(23)11-9-14)20-26-25-19-21(29(20)27-16)24-12-28(22(19)30)17-7-5-4-6-13(17)2/h8-13,17H,3-7H2,1-2H3. The number of fused-ring (bicyclic) bond motifs is 3. The van der Waals surface area contributed by atoms with Crippen LogP contribution in [0.25, 0.3) is 27.9 Å². The topological polar surface area (TPSA) is 78.0 Å². The van der Waals surface area contributed by atoms with Crippen LogP contribution in [0.4, 0.5) is 4.39 Å². The average molecular weight is 406 g/mol. The lowest BCUT2D eigenvalue weighted by atomic mass is 9.86. The van der Waals surface area contributed by atoms with Gasteiger partial charge in [0.15, 0.2) is 16.8 Å². The highest BCUT2D eigenvalue weighted by molar-refractivity contribution is 5.83. The fraction of sp³-hybridized carbons (Fsp3) is 0.409. The molecular weight excluding hydrogens is 383 g/mol. The quantitative estimate of drug-likeness (QED) is 0.515. The number of hydrogen-bond donors (Lipinski definition) is 0. The molecule has 0 bridgehead atoms. The van der Waals surface area contributed by atoms with E-state index in [1.807, 2.05) is 6.92 Å². The Balaban J connectivity index is 1.72. The maximum Gasteiger partial charge on any atom is 0.283 e. The van der Waals surface area contributed by atoms with E-state index in [-0.39, 0.29) is 22.9 Å². The number of hydrogen-bond acceptors (Lipinski definition) is 5. The third-order valence-corrected chi connectivity index (χ3v) is 6.22. The molecule has 0 aliphatic heterocycles. The van der Waals surface area contributed by atoms with Crippen molar-refractivity contribution in [3.63, 3.8) is 0 Å². The summed E-state index contributed by atoms with van der Waals surface area (Å²) < 4.78 is 16.7. The highest BCUT2D eigenvalue weighted by Crippen LogP contribution is 2.33. The second-order valence-electron chi connectivity index (χ2n) is 8.08. The van der Waals surface area contributed by atoms with Crippen LogP contribution >= 0.6 is 0 Å². The van der Waals surface area contributed by atoms with Crippen molar-refractivity contribution in [2.75, 3.05) is 0 Å². The van der Waals surface area contributed by atoms with Crippen molar-refractivity contribution in [3.05, 3.63) is 52.5 Å². The van der Waals surface area contributed by atoms with Gasteiger partial charge in [0.1, 0.15) is 12.1 Å². The Labute approximate surface area is 172 Å². The molecule has 5 rings (SSSR count). The third kappa shape index (κ3) is 2.89. The van der Waals surface area contributed by atoms with Crippen LogP contribution < -0.4 is 5.56 Å². The molecule has 3 aromatic heterocycles. The zero-order chi connectivity index (χ0) is 20.8. The molecule has 1 saturated carbocycles. The molecule has 0 amide bonds. The van der Waals surface area contributed by atoms with Crippen molar-refractivity contribution in [1.29, 1.82) is 0 Å². The highest BCUT2D eigenvalue weighted by atomic mass is 19.1. The minimum Gasteiger partial charge on any atom is -0.294 e. The summed E-state index contributed by atoms with van der Waals surface area (Å²) in [4.78, 5) is 17.8. The van der Waals surface area contributed by atoms with Crippen molar-refractivity contribution in [1.82, 2.24) is 29.4 Å². The van der Waals surface area contributed by atoms with Gasteiger partial charge in [0.2, 0.25) is 0 Å². The fourth-order valence-electron chi connectivity index (χ4n) is 4.59. The first kappa shape index (κ1) is 18.8. The summed E-state index contributed by atoms with van der Waals surface area (Å²) in [6.45, 7) is 4.18. The molecule has 0 saturated heterocycles. The van der Waals surface area contributed by atoms with Gasteiger partial charge in [0, 0.05) is 6.04 Å². The van der Waals surface area contributed by atoms with E-state index >= 15 is 0 Å². The molecule has 0 spiro atoms. The van der Waals surface area contributed by atoms with Gasteiger partial charge in [-0.15, -0.1) is 10.2 Å². The maximum atomic E-state index is 13.4. The molecule has 30 heavy (non-hydrogen) atoms. The van der Waals surface area contributed by atoms with Crippen LogP contribution in [0.1, 0.15) is 51.3 Å². The van der Waals surface area contributed by atoms with E-state index in [1.54, 1.807) is 27.5 Å². The molecule has 7 nitrogen and oxygen atoms in total. The van der Waals surface area contributed by atoms with E-state index in [9.17, 15) is 9.18 Å². The zero-order valence-electron chi connectivity index (χ0n) is 17.0. The number of aromatic nitrogens is 6. The van der Waals surface area contributed by atoms with Crippen LogP contribution in [0.15, 0.2) is 35.4 Å². The van der Waals surface area contributed by atoms with Crippen LogP contribution in [0.3, 0.4) is 0 Å². The molecule has 4 aromatic rings. The molecule has 0 N–H and O–H groups in total. The molecule has 1 aliphatic carbocycles. The van der Waals surface area contributed by atoms with Gasteiger partial charge in [0.05, 0.1) is 11.3 Å². The lowest BCUT2D eigenvalue weighted by Gasteiger charge is -2.29. The molecular formula is C22H23FN6O. The van der Waals surface area contributed by atoms with Gasteiger partial charge in [-0.1, -0.05) is 38.8 Å². The number of aryl methyl sites for hydroxylation is 1.